The zero-order valence-corrected chi connectivity index (χ0v) is 9.95. The van der Waals surface area contributed by atoms with E-state index in [0.29, 0.717) is 0 Å². The van der Waals surface area contributed by atoms with E-state index in [9.17, 15) is 4.79 Å². The molecule has 0 aromatic heterocycles. The monoisotopic (exact) mass is 212 g/mol. The van der Waals surface area contributed by atoms with Gasteiger partial charge in [-0.05, 0) is 25.2 Å². The van der Waals surface area contributed by atoms with Gasteiger partial charge in [0.2, 0.25) is 5.84 Å². The summed E-state index contributed by atoms with van der Waals surface area (Å²) >= 11 is 0. The summed E-state index contributed by atoms with van der Waals surface area (Å²) in [6.07, 6.45) is 2.17. The highest BCUT2D eigenvalue weighted by Gasteiger charge is 2.34. The Labute approximate surface area is 91.0 Å². The number of amidine groups is 1. The highest BCUT2D eigenvalue weighted by Crippen LogP contribution is 2.31. The zero-order chi connectivity index (χ0) is 11.6. The van der Waals surface area contributed by atoms with Crippen LogP contribution >= 0.6 is 0 Å². The van der Waals surface area contributed by atoms with Gasteiger partial charge >= 0.3 is 5.97 Å². The van der Waals surface area contributed by atoms with Crippen LogP contribution in [0.15, 0.2) is 4.99 Å². The normalized spacial score (nSPS) is 26.5. The van der Waals surface area contributed by atoms with Crippen molar-refractivity contribution in [2.75, 3.05) is 13.6 Å². The smallest absolute Gasteiger partial charge is 0.371 e. The molecular weight excluding hydrogens is 192 g/mol. The molecule has 1 rings (SSSR count). The predicted octanol–water partition coefficient (Wildman–Crippen LogP) is 1.61. The van der Waals surface area contributed by atoms with Gasteiger partial charge in [0, 0.05) is 19.6 Å². The van der Waals surface area contributed by atoms with Crippen LogP contribution in [0.4, 0.5) is 0 Å². The fourth-order valence-electron chi connectivity index (χ4n) is 2.08. The maximum atomic E-state index is 11.0. The Morgan fingerprint density at radius 2 is 2.13 bits per heavy atom. The number of aliphatic carboxylic acids is 1. The Morgan fingerprint density at radius 1 is 1.53 bits per heavy atom. The quantitative estimate of drug-likeness (QED) is 0.490. The van der Waals surface area contributed by atoms with Crippen LogP contribution < -0.4 is 0 Å². The predicted molar refractivity (Wildman–Crippen MR) is 60.2 cm³/mol. The molecule has 0 bridgehead atoms. The van der Waals surface area contributed by atoms with E-state index in [4.69, 9.17) is 5.11 Å². The van der Waals surface area contributed by atoms with Crippen molar-refractivity contribution in [2.45, 2.75) is 39.7 Å². The molecule has 1 aliphatic heterocycles. The van der Waals surface area contributed by atoms with Gasteiger partial charge in [0.25, 0.3) is 0 Å². The van der Waals surface area contributed by atoms with Crippen molar-refractivity contribution in [1.82, 2.24) is 4.90 Å². The standard InChI is InChI=1S/C11H20N2O2/c1-8-5-6-11(2,3)7-13(8)9(12-4)10(14)15/h8H,5-7H2,1-4H3,(H,14,15). The highest BCUT2D eigenvalue weighted by atomic mass is 16.4. The van der Waals surface area contributed by atoms with Gasteiger partial charge in [-0.25, -0.2) is 4.79 Å². The van der Waals surface area contributed by atoms with E-state index in [-0.39, 0.29) is 17.3 Å². The summed E-state index contributed by atoms with van der Waals surface area (Å²) in [4.78, 5) is 16.8. The van der Waals surface area contributed by atoms with Gasteiger partial charge in [0.15, 0.2) is 0 Å². The highest BCUT2D eigenvalue weighted by molar-refractivity contribution is 6.34. The maximum Gasteiger partial charge on any atom is 0.371 e. The van der Waals surface area contributed by atoms with Crippen LogP contribution in [0, 0.1) is 5.41 Å². The summed E-state index contributed by atoms with van der Waals surface area (Å²) in [6.45, 7) is 7.17. The molecule has 4 heteroatoms. The lowest BCUT2D eigenvalue weighted by Crippen LogP contribution is -2.50. The Balaban J connectivity index is 2.87. The molecule has 1 aliphatic rings. The summed E-state index contributed by atoms with van der Waals surface area (Å²) in [5.41, 5.74) is 0.178. The summed E-state index contributed by atoms with van der Waals surface area (Å²) in [5.74, 6) is -0.739. The maximum absolute atomic E-state index is 11.0. The summed E-state index contributed by atoms with van der Waals surface area (Å²) in [5, 5.41) is 9.04. The van der Waals surface area contributed by atoms with Gasteiger partial charge in [0.05, 0.1) is 0 Å². The van der Waals surface area contributed by atoms with Crippen molar-refractivity contribution in [3.8, 4) is 0 Å². The molecule has 0 aromatic rings. The number of hydrogen-bond acceptors (Lipinski definition) is 2. The van der Waals surface area contributed by atoms with E-state index in [0.717, 1.165) is 19.4 Å². The molecule has 0 aromatic carbocycles. The average molecular weight is 212 g/mol. The van der Waals surface area contributed by atoms with Crippen molar-refractivity contribution in [3.63, 3.8) is 0 Å². The molecule has 0 aliphatic carbocycles. The zero-order valence-electron chi connectivity index (χ0n) is 9.95. The second-order valence-electron chi connectivity index (χ2n) is 5.03. The molecule has 86 valence electrons. The number of carbonyl (C=O) groups is 1. The molecular formula is C11H20N2O2. The fraction of sp³-hybridized carbons (Fsp3) is 0.818. The van der Waals surface area contributed by atoms with Gasteiger partial charge in [-0.1, -0.05) is 13.8 Å². The van der Waals surface area contributed by atoms with E-state index in [2.05, 4.69) is 25.8 Å². The van der Waals surface area contributed by atoms with Crippen LogP contribution in [0.2, 0.25) is 0 Å². The molecule has 0 saturated carbocycles. The van der Waals surface area contributed by atoms with Gasteiger partial charge in [0.1, 0.15) is 0 Å². The third-order valence-corrected chi connectivity index (χ3v) is 3.04. The van der Waals surface area contributed by atoms with Crippen LogP contribution in [-0.2, 0) is 4.79 Å². The van der Waals surface area contributed by atoms with Crippen molar-refractivity contribution in [1.29, 1.82) is 0 Å². The first-order valence-corrected chi connectivity index (χ1v) is 5.34. The van der Waals surface area contributed by atoms with Gasteiger partial charge in [-0.15, -0.1) is 0 Å². The first-order valence-electron chi connectivity index (χ1n) is 5.34. The topological polar surface area (TPSA) is 52.9 Å². The minimum absolute atomic E-state index is 0.178. The molecule has 1 saturated heterocycles. The molecule has 1 atom stereocenters. The Bertz CT molecular complexity index is 284. The van der Waals surface area contributed by atoms with E-state index >= 15 is 0 Å². The number of carboxylic acids is 1. The first kappa shape index (κ1) is 12.0. The third kappa shape index (κ3) is 2.70. The molecule has 0 radical (unpaired) electrons. The Hall–Kier alpha value is -1.06. The fourth-order valence-corrected chi connectivity index (χ4v) is 2.08. The molecule has 0 spiro atoms. The average Bonchev–Trinajstić information content (AvgIpc) is 2.11. The summed E-state index contributed by atoms with van der Waals surface area (Å²) < 4.78 is 0. The number of carboxylic acid groups (broad SMARTS) is 1. The Morgan fingerprint density at radius 3 is 2.60 bits per heavy atom. The van der Waals surface area contributed by atoms with E-state index < -0.39 is 5.97 Å². The van der Waals surface area contributed by atoms with Crippen molar-refractivity contribution >= 4 is 11.8 Å². The van der Waals surface area contributed by atoms with E-state index in [1.807, 2.05) is 4.90 Å². The van der Waals surface area contributed by atoms with Crippen molar-refractivity contribution in [3.05, 3.63) is 0 Å². The lowest BCUT2D eigenvalue weighted by molar-refractivity contribution is -0.130. The van der Waals surface area contributed by atoms with Crippen LogP contribution in [0.25, 0.3) is 0 Å². The molecule has 1 heterocycles. The van der Waals surface area contributed by atoms with E-state index in [1.165, 1.54) is 7.05 Å². The number of hydrogen-bond donors (Lipinski definition) is 1. The lowest BCUT2D eigenvalue weighted by Gasteiger charge is -2.43. The molecule has 1 unspecified atom stereocenters. The number of nitrogens with zero attached hydrogens (tertiary/aromatic N) is 2. The minimum Gasteiger partial charge on any atom is -0.475 e. The van der Waals surface area contributed by atoms with Crippen LogP contribution in [0.5, 0.6) is 0 Å². The number of likely N-dealkylation sites (tertiary alicyclic amines) is 1. The molecule has 15 heavy (non-hydrogen) atoms. The van der Waals surface area contributed by atoms with Gasteiger partial charge < -0.3 is 10.0 Å². The minimum atomic E-state index is -0.929. The van der Waals surface area contributed by atoms with Crippen LogP contribution in [0.3, 0.4) is 0 Å². The van der Waals surface area contributed by atoms with Crippen LogP contribution in [-0.4, -0.2) is 41.4 Å². The molecule has 1 N–H and O–H groups in total. The number of rotatable bonds is 0. The largest absolute Gasteiger partial charge is 0.475 e. The van der Waals surface area contributed by atoms with Crippen LogP contribution in [0.1, 0.15) is 33.6 Å². The number of aliphatic imine (C=N–C) groups is 1. The first-order chi connectivity index (χ1) is 6.87. The van der Waals surface area contributed by atoms with Gasteiger partial charge in [-0.2, -0.15) is 0 Å². The second kappa shape index (κ2) is 4.21. The van der Waals surface area contributed by atoms with Crippen molar-refractivity contribution in [2.24, 2.45) is 10.4 Å². The summed E-state index contributed by atoms with van der Waals surface area (Å²) in [7, 11) is 1.54. The molecule has 4 nitrogen and oxygen atoms in total. The second-order valence-corrected chi connectivity index (χ2v) is 5.03. The van der Waals surface area contributed by atoms with E-state index in [1.54, 1.807) is 0 Å². The SMILES string of the molecule is CN=C(C(=O)O)N1CC(C)(C)CCC1C. The molecule has 1 fully saturated rings. The van der Waals surface area contributed by atoms with Gasteiger partial charge in [-0.3, -0.25) is 4.99 Å². The molecule has 0 amide bonds. The third-order valence-electron chi connectivity index (χ3n) is 3.04. The lowest BCUT2D eigenvalue weighted by atomic mass is 9.81. The number of piperidine rings is 1. The van der Waals surface area contributed by atoms with Crippen molar-refractivity contribution < 1.29 is 9.90 Å². The summed E-state index contributed by atoms with van der Waals surface area (Å²) in [6, 6.07) is 0.271. The Kier molecular flexibility index (Phi) is 3.37.